The first-order chi connectivity index (χ1) is 34.5. The highest BCUT2D eigenvalue weighted by atomic mass is 16.5. The Kier molecular flexibility index (Phi) is 59.4. The van der Waals surface area contributed by atoms with E-state index in [-0.39, 0.29) is 18.5 Å². The Morgan fingerprint density at radius 3 is 0.871 bits per heavy atom. The van der Waals surface area contributed by atoms with Crippen LogP contribution in [0.25, 0.3) is 0 Å². The van der Waals surface area contributed by atoms with Crippen LogP contribution in [0.5, 0.6) is 0 Å². The van der Waals surface area contributed by atoms with E-state index in [1.165, 1.54) is 302 Å². The van der Waals surface area contributed by atoms with Gasteiger partial charge in [0.1, 0.15) is 0 Å². The molecular weight excluding hydrogens is 863 g/mol. The first-order valence-corrected chi connectivity index (χ1v) is 32.3. The molecular formula is C64H127NO5. The zero-order valence-corrected chi connectivity index (χ0v) is 47.8. The van der Waals surface area contributed by atoms with Crippen molar-refractivity contribution >= 4 is 11.9 Å². The third-order valence-corrected chi connectivity index (χ3v) is 15.4. The summed E-state index contributed by atoms with van der Waals surface area (Å²) in [5.74, 6) is -0.0186. The lowest BCUT2D eigenvalue weighted by Crippen LogP contribution is -2.45. The molecule has 0 aromatic rings. The van der Waals surface area contributed by atoms with Crippen LogP contribution in [0.2, 0.25) is 0 Å². The number of esters is 1. The first kappa shape index (κ1) is 68.9. The molecule has 0 aliphatic heterocycles. The van der Waals surface area contributed by atoms with Crippen molar-refractivity contribution in [2.45, 2.75) is 386 Å². The fraction of sp³-hybridized carbons (Fsp3) is 0.969. The monoisotopic (exact) mass is 990 g/mol. The number of carbonyl (C=O) groups is 2. The van der Waals surface area contributed by atoms with Crippen molar-refractivity contribution in [3.05, 3.63) is 0 Å². The second kappa shape index (κ2) is 60.4. The molecule has 0 saturated heterocycles. The van der Waals surface area contributed by atoms with Crippen molar-refractivity contribution in [1.29, 1.82) is 0 Å². The topological polar surface area (TPSA) is 95.9 Å². The van der Waals surface area contributed by atoms with E-state index in [9.17, 15) is 19.8 Å². The SMILES string of the molecule is CCCCCCCCCCCCCCCCCCCCCCC(O)C(CO)NC(=O)CCCCCCCCCCCCCCCCCCCCCCOC(=O)CCCCCCCCCCCCCCC. The number of hydrogen-bond donors (Lipinski definition) is 3. The number of amides is 1. The molecule has 2 unspecified atom stereocenters. The Morgan fingerprint density at radius 2 is 0.586 bits per heavy atom. The molecule has 0 aromatic carbocycles. The molecule has 2 atom stereocenters. The minimum absolute atomic E-state index is 0.0135. The summed E-state index contributed by atoms with van der Waals surface area (Å²) < 4.78 is 5.48. The van der Waals surface area contributed by atoms with Crippen LogP contribution < -0.4 is 5.32 Å². The lowest BCUT2D eigenvalue weighted by atomic mass is 10.0. The van der Waals surface area contributed by atoms with E-state index in [0.29, 0.717) is 25.9 Å². The van der Waals surface area contributed by atoms with Gasteiger partial charge in [-0.15, -0.1) is 0 Å². The molecule has 6 nitrogen and oxygen atoms in total. The highest BCUT2D eigenvalue weighted by molar-refractivity contribution is 5.76. The molecule has 0 heterocycles. The maximum absolute atomic E-state index is 12.5. The van der Waals surface area contributed by atoms with E-state index in [0.717, 1.165) is 38.5 Å². The third kappa shape index (κ3) is 56.2. The molecule has 0 aromatic heterocycles. The zero-order chi connectivity index (χ0) is 50.7. The summed E-state index contributed by atoms with van der Waals surface area (Å²) >= 11 is 0. The van der Waals surface area contributed by atoms with Gasteiger partial charge in [0.15, 0.2) is 0 Å². The van der Waals surface area contributed by atoms with Gasteiger partial charge in [-0.2, -0.15) is 0 Å². The summed E-state index contributed by atoms with van der Waals surface area (Å²) in [6, 6.07) is -0.542. The predicted octanol–water partition coefficient (Wildman–Crippen LogP) is 20.3. The van der Waals surface area contributed by atoms with Crippen molar-refractivity contribution in [2.24, 2.45) is 0 Å². The Morgan fingerprint density at radius 1 is 0.343 bits per heavy atom. The minimum Gasteiger partial charge on any atom is -0.466 e. The van der Waals surface area contributed by atoms with E-state index in [4.69, 9.17) is 4.74 Å². The van der Waals surface area contributed by atoms with Gasteiger partial charge >= 0.3 is 5.97 Å². The lowest BCUT2D eigenvalue weighted by Gasteiger charge is -2.22. The van der Waals surface area contributed by atoms with Crippen molar-refractivity contribution in [1.82, 2.24) is 5.32 Å². The van der Waals surface area contributed by atoms with Gasteiger partial charge in [-0.05, 0) is 25.7 Å². The molecule has 0 rings (SSSR count). The van der Waals surface area contributed by atoms with E-state index < -0.39 is 12.1 Å². The van der Waals surface area contributed by atoms with E-state index in [1.54, 1.807) is 0 Å². The zero-order valence-electron chi connectivity index (χ0n) is 47.8. The number of rotatable bonds is 61. The molecule has 1 amide bonds. The van der Waals surface area contributed by atoms with Crippen LogP contribution in [0.4, 0.5) is 0 Å². The fourth-order valence-corrected chi connectivity index (χ4v) is 10.5. The summed E-state index contributed by atoms with van der Waals surface area (Å²) in [4.78, 5) is 24.6. The van der Waals surface area contributed by atoms with Crippen LogP contribution in [-0.2, 0) is 14.3 Å². The highest BCUT2D eigenvalue weighted by Crippen LogP contribution is 2.19. The van der Waals surface area contributed by atoms with Crippen LogP contribution in [0.15, 0.2) is 0 Å². The third-order valence-electron chi connectivity index (χ3n) is 15.4. The Bertz CT molecular complexity index is 1010. The lowest BCUT2D eigenvalue weighted by molar-refractivity contribution is -0.143. The first-order valence-electron chi connectivity index (χ1n) is 32.3. The molecule has 6 heteroatoms. The highest BCUT2D eigenvalue weighted by Gasteiger charge is 2.20. The largest absolute Gasteiger partial charge is 0.466 e. The van der Waals surface area contributed by atoms with E-state index >= 15 is 0 Å². The second-order valence-corrected chi connectivity index (χ2v) is 22.5. The number of aliphatic hydroxyl groups is 2. The second-order valence-electron chi connectivity index (χ2n) is 22.5. The van der Waals surface area contributed by atoms with E-state index in [2.05, 4.69) is 19.2 Å². The fourth-order valence-electron chi connectivity index (χ4n) is 10.5. The van der Waals surface area contributed by atoms with Gasteiger partial charge in [-0.1, -0.05) is 335 Å². The molecule has 0 spiro atoms. The van der Waals surface area contributed by atoms with Crippen LogP contribution in [-0.4, -0.2) is 47.4 Å². The predicted molar refractivity (Wildman–Crippen MR) is 306 cm³/mol. The normalized spacial score (nSPS) is 12.5. The van der Waals surface area contributed by atoms with Crippen molar-refractivity contribution in [3.8, 4) is 0 Å². The van der Waals surface area contributed by atoms with Crippen LogP contribution in [0.1, 0.15) is 373 Å². The number of carbonyl (C=O) groups excluding carboxylic acids is 2. The maximum atomic E-state index is 12.5. The summed E-state index contributed by atoms with van der Waals surface area (Å²) in [6.07, 6.45) is 71.2. The van der Waals surface area contributed by atoms with Crippen LogP contribution in [0, 0.1) is 0 Å². The van der Waals surface area contributed by atoms with Gasteiger partial charge in [-0.25, -0.2) is 0 Å². The number of nitrogens with one attached hydrogen (secondary N) is 1. The van der Waals surface area contributed by atoms with Gasteiger partial charge in [0.2, 0.25) is 5.91 Å². The van der Waals surface area contributed by atoms with Gasteiger partial charge in [0.25, 0.3) is 0 Å². The number of ether oxygens (including phenoxy) is 1. The van der Waals surface area contributed by atoms with Crippen LogP contribution >= 0.6 is 0 Å². The molecule has 0 saturated carbocycles. The molecule has 0 fully saturated rings. The van der Waals surface area contributed by atoms with Crippen molar-refractivity contribution in [2.75, 3.05) is 13.2 Å². The average molecular weight is 991 g/mol. The molecule has 3 N–H and O–H groups in total. The summed E-state index contributed by atoms with van der Waals surface area (Å²) in [6.45, 7) is 4.99. The summed E-state index contributed by atoms with van der Waals surface area (Å²) in [5, 5.41) is 23.4. The molecule has 0 radical (unpaired) electrons. The Balaban J connectivity index is 3.38. The smallest absolute Gasteiger partial charge is 0.305 e. The van der Waals surface area contributed by atoms with Crippen molar-refractivity contribution < 1.29 is 24.5 Å². The molecule has 0 bridgehead atoms. The summed E-state index contributed by atoms with van der Waals surface area (Å²) in [7, 11) is 0. The van der Waals surface area contributed by atoms with E-state index in [1.807, 2.05) is 0 Å². The molecule has 0 aliphatic rings. The maximum Gasteiger partial charge on any atom is 0.305 e. The average Bonchev–Trinajstić information content (AvgIpc) is 3.36. The van der Waals surface area contributed by atoms with Gasteiger partial charge in [0.05, 0.1) is 25.4 Å². The molecule has 70 heavy (non-hydrogen) atoms. The Labute approximate surface area is 438 Å². The van der Waals surface area contributed by atoms with Crippen molar-refractivity contribution in [3.63, 3.8) is 0 Å². The minimum atomic E-state index is -0.665. The standard InChI is InChI=1S/C64H127NO5/c1-3-5-7-9-11-13-15-17-18-19-20-23-26-29-33-36-40-44-48-52-56-62(67)61(60-66)65-63(68)57-53-49-45-41-37-34-30-27-24-21-22-25-28-31-35-39-43-47-51-55-59-70-64(69)58-54-50-46-42-38-32-16-14-12-10-8-6-4-2/h61-62,66-67H,3-60H2,1-2H3,(H,65,68). The summed E-state index contributed by atoms with van der Waals surface area (Å²) in [5.41, 5.74) is 0. The van der Waals surface area contributed by atoms with Gasteiger partial charge < -0.3 is 20.3 Å². The van der Waals surface area contributed by atoms with Gasteiger partial charge in [0, 0.05) is 12.8 Å². The Hall–Kier alpha value is -1.14. The molecule has 418 valence electrons. The van der Waals surface area contributed by atoms with Gasteiger partial charge in [-0.3, -0.25) is 9.59 Å². The number of unbranched alkanes of at least 4 members (excludes halogenated alkanes) is 50. The number of aliphatic hydroxyl groups excluding tert-OH is 2. The molecule has 0 aliphatic carbocycles. The quantitative estimate of drug-likeness (QED) is 0.0417. The number of hydrogen-bond acceptors (Lipinski definition) is 5. The van der Waals surface area contributed by atoms with Crippen LogP contribution in [0.3, 0.4) is 0 Å².